The van der Waals surface area contributed by atoms with Crippen LogP contribution in [0.15, 0.2) is 42.7 Å². The van der Waals surface area contributed by atoms with Gasteiger partial charge in [0.1, 0.15) is 12.1 Å². The number of carbonyl (C=O) groups is 1. The van der Waals surface area contributed by atoms with Gasteiger partial charge in [-0.05, 0) is 37.2 Å². The molecule has 4 rings (SSSR count). The van der Waals surface area contributed by atoms with Gasteiger partial charge in [0.2, 0.25) is 11.8 Å². The van der Waals surface area contributed by atoms with Crippen LogP contribution in [-0.4, -0.2) is 54.1 Å². The number of hydrogen-bond donors (Lipinski definition) is 0. The molecule has 2 aromatic rings. The molecule has 2 fully saturated rings. The first-order chi connectivity index (χ1) is 13.6. The second-order valence-electron chi connectivity index (χ2n) is 7.93. The molecule has 1 spiro atoms. The van der Waals surface area contributed by atoms with Crippen LogP contribution in [0, 0.1) is 5.41 Å². The van der Waals surface area contributed by atoms with Crippen LogP contribution < -0.4 is 9.64 Å². The summed E-state index contributed by atoms with van der Waals surface area (Å²) >= 11 is 0. The summed E-state index contributed by atoms with van der Waals surface area (Å²) in [6.45, 7) is 5.60. The van der Waals surface area contributed by atoms with Crippen molar-refractivity contribution >= 4 is 11.7 Å². The number of nitrogens with zero attached hydrogens (tertiary/aromatic N) is 4. The number of ether oxygens (including phenoxy) is 1. The van der Waals surface area contributed by atoms with Gasteiger partial charge < -0.3 is 14.5 Å². The van der Waals surface area contributed by atoms with E-state index >= 15 is 0 Å². The van der Waals surface area contributed by atoms with E-state index in [0.29, 0.717) is 5.88 Å². The molecule has 1 aromatic heterocycles. The lowest BCUT2D eigenvalue weighted by Crippen LogP contribution is -2.54. The normalized spacial score (nSPS) is 21.8. The number of aromatic nitrogens is 2. The number of hydrogen-bond acceptors (Lipinski definition) is 5. The molecule has 6 heteroatoms. The fourth-order valence-electron chi connectivity index (χ4n) is 4.69. The summed E-state index contributed by atoms with van der Waals surface area (Å²) in [6, 6.07) is 12.2. The number of piperidine rings is 2. The second kappa shape index (κ2) is 7.78. The summed E-state index contributed by atoms with van der Waals surface area (Å²) in [5.41, 5.74) is 1.32. The van der Waals surface area contributed by atoms with Crippen LogP contribution in [0.2, 0.25) is 0 Å². The zero-order valence-electron chi connectivity index (χ0n) is 16.7. The van der Waals surface area contributed by atoms with Crippen LogP contribution >= 0.6 is 0 Å². The lowest BCUT2D eigenvalue weighted by Gasteiger charge is -2.50. The number of likely N-dealkylation sites (tertiary alicyclic amines) is 1. The summed E-state index contributed by atoms with van der Waals surface area (Å²) in [4.78, 5) is 25.9. The van der Waals surface area contributed by atoms with E-state index in [0.717, 1.165) is 56.8 Å². The summed E-state index contributed by atoms with van der Waals surface area (Å²) < 4.78 is 5.24. The molecule has 0 saturated carbocycles. The van der Waals surface area contributed by atoms with E-state index in [1.165, 1.54) is 0 Å². The van der Waals surface area contributed by atoms with E-state index in [9.17, 15) is 4.79 Å². The van der Waals surface area contributed by atoms with E-state index in [2.05, 4.69) is 38.8 Å². The van der Waals surface area contributed by atoms with Gasteiger partial charge in [0, 0.05) is 32.2 Å². The van der Waals surface area contributed by atoms with Crippen molar-refractivity contribution in [1.29, 1.82) is 0 Å². The Hall–Kier alpha value is -2.63. The third-order valence-electron chi connectivity index (χ3n) is 6.34. The molecule has 3 heterocycles. The molecule has 0 radical (unpaired) electrons. The lowest BCUT2D eigenvalue weighted by atomic mass is 9.67. The Morgan fingerprint density at radius 2 is 1.93 bits per heavy atom. The molecular weight excluding hydrogens is 352 g/mol. The highest BCUT2D eigenvalue weighted by Gasteiger charge is 2.45. The van der Waals surface area contributed by atoms with Gasteiger partial charge >= 0.3 is 0 Å². The quantitative estimate of drug-likeness (QED) is 0.816. The number of rotatable bonds is 4. The van der Waals surface area contributed by atoms with Crippen LogP contribution in [0.5, 0.6) is 5.88 Å². The van der Waals surface area contributed by atoms with E-state index < -0.39 is 0 Å². The molecule has 2 saturated heterocycles. The fourth-order valence-corrected chi connectivity index (χ4v) is 4.69. The molecule has 2 aliphatic rings. The summed E-state index contributed by atoms with van der Waals surface area (Å²) in [6.07, 6.45) is 4.62. The number of methoxy groups -OCH3 is 1. The van der Waals surface area contributed by atoms with Gasteiger partial charge in [-0.15, -0.1) is 0 Å². The van der Waals surface area contributed by atoms with Crippen LogP contribution in [0.3, 0.4) is 0 Å². The van der Waals surface area contributed by atoms with Crippen molar-refractivity contribution < 1.29 is 9.53 Å². The maximum Gasteiger partial charge on any atom is 0.230 e. The minimum atomic E-state index is -0.0272. The molecule has 6 nitrogen and oxygen atoms in total. The fraction of sp³-hybridized carbons (Fsp3) is 0.500. The van der Waals surface area contributed by atoms with Gasteiger partial charge in [-0.3, -0.25) is 4.79 Å². The Labute approximate surface area is 166 Å². The van der Waals surface area contributed by atoms with Crippen molar-refractivity contribution in [2.45, 2.75) is 32.1 Å². The first-order valence-electron chi connectivity index (χ1n) is 10.1. The highest BCUT2D eigenvalue weighted by molar-refractivity contribution is 5.84. The van der Waals surface area contributed by atoms with Crippen molar-refractivity contribution in [1.82, 2.24) is 14.9 Å². The van der Waals surface area contributed by atoms with Crippen molar-refractivity contribution in [2.75, 3.05) is 38.2 Å². The molecule has 0 aliphatic carbocycles. The molecular formula is C22H28N4O2. The van der Waals surface area contributed by atoms with Crippen molar-refractivity contribution in [3.8, 4) is 5.88 Å². The molecule has 0 bridgehead atoms. The Morgan fingerprint density at radius 1 is 1.18 bits per heavy atom. The highest BCUT2D eigenvalue weighted by atomic mass is 16.5. The topological polar surface area (TPSA) is 58.6 Å². The molecule has 1 atom stereocenters. The van der Waals surface area contributed by atoms with Crippen LogP contribution in [0.4, 0.5) is 5.82 Å². The van der Waals surface area contributed by atoms with E-state index in [4.69, 9.17) is 4.74 Å². The molecule has 28 heavy (non-hydrogen) atoms. The van der Waals surface area contributed by atoms with Gasteiger partial charge in [0.25, 0.3) is 0 Å². The molecule has 0 N–H and O–H groups in total. The highest BCUT2D eigenvalue weighted by Crippen LogP contribution is 2.46. The standard InChI is InChI=1S/C22H28N4O2/c1-3-25-15-22(14-18(21(25)27)17-7-5-4-6-8-17)9-11-26(12-10-22)19-13-20(28-2)24-16-23-19/h4-8,13,16,18H,3,9-12,14-15H2,1-2H3/t18-/m0/s1. The molecule has 1 aromatic carbocycles. The van der Waals surface area contributed by atoms with Crippen molar-refractivity contribution in [2.24, 2.45) is 5.41 Å². The number of anilines is 1. The molecule has 1 amide bonds. The van der Waals surface area contributed by atoms with Gasteiger partial charge in [0.05, 0.1) is 13.0 Å². The minimum absolute atomic E-state index is 0.0272. The van der Waals surface area contributed by atoms with Crippen LogP contribution in [-0.2, 0) is 4.79 Å². The van der Waals surface area contributed by atoms with E-state index in [1.54, 1.807) is 13.4 Å². The van der Waals surface area contributed by atoms with Gasteiger partial charge in [-0.25, -0.2) is 9.97 Å². The average molecular weight is 380 g/mol. The number of benzene rings is 1. The third kappa shape index (κ3) is 3.55. The number of carbonyl (C=O) groups excluding carboxylic acids is 1. The number of amides is 1. The van der Waals surface area contributed by atoms with E-state index in [1.807, 2.05) is 24.3 Å². The Morgan fingerprint density at radius 3 is 2.61 bits per heavy atom. The third-order valence-corrected chi connectivity index (χ3v) is 6.34. The monoisotopic (exact) mass is 380 g/mol. The zero-order valence-corrected chi connectivity index (χ0v) is 16.7. The summed E-state index contributed by atoms with van der Waals surface area (Å²) in [5, 5.41) is 0. The zero-order chi connectivity index (χ0) is 19.6. The van der Waals surface area contributed by atoms with Gasteiger partial charge in [-0.1, -0.05) is 30.3 Å². The number of likely N-dealkylation sites (N-methyl/N-ethyl adjacent to an activating group) is 1. The smallest absolute Gasteiger partial charge is 0.230 e. The maximum absolute atomic E-state index is 13.0. The first kappa shape index (κ1) is 18.7. The van der Waals surface area contributed by atoms with E-state index in [-0.39, 0.29) is 17.2 Å². The van der Waals surface area contributed by atoms with Crippen LogP contribution in [0.1, 0.15) is 37.7 Å². The van der Waals surface area contributed by atoms with Gasteiger partial charge in [-0.2, -0.15) is 0 Å². The molecule has 0 unspecified atom stereocenters. The molecule has 148 valence electrons. The predicted molar refractivity (Wildman–Crippen MR) is 109 cm³/mol. The Balaban J connectivity index is 1.52. The summed E-state index contributed by atoms with van der Waals surface area (Å²) in [7, 11) is 1.62. The van der Waals surface area contributed by atoms with Crippen molar-refractivity contribution in [3.63, 3.8) is 0 Å². The second-order valence-corrected chi connectivity index (χ2v) is 7.93. The first-order valence-corrected chi connectivity index (χ1v) is 10.1. The predicted octanol–water partition coefficient (Wildman–Crippen LogP) is 3.11. The minimum Gasteiger partial charge on any atom is -0.481 e. The lowest BCUT2D eigenvalue weighted by molar-refractivity contribution is -0.140. The maximum atomic E-state index is 13.0. The average Bonchev–Trinajstić information content (AvgIpc) is 2.76. The Kier molecular flexibility index (Phi) is 5.20. The van der Waals surface area contributed by atoms with Gasteiger partial charge in [0.15, 0.2) is 0 Å². The summed E-state index contributed by atoms with van der Waals surface area (Å²) in [5.74, 6) is 1.76. The molecule has 2 aliphatic heterocycles. The van der Waals surface area contributed by atoms with Crippen LogP contribution in [0.25, 0.3) is 0 Å². The largest absolute Gasteiger partial charge is 0.481 e. The van der Waals surface area contributed by atoms with Crippen molar-refractivity contribution in [3.05, 3.63) is 48.3 Å². The Bertz CT molecular complexity index is 818. The SMILES string of the molecule is CCN1CC2(CCN(c3cc(OC)ncn3)CC2)C[C@@H](c2ccccc2)C1=O.